The Morgan fingerprint density at radius 1 is 1.14 bits per heavy atom. The van der Waals surface area contributed by atoms with E-state index in [4.69, 9.17) is 5.84 Å². The van der Waals surface area contributed by atoms with Crippen LogP contribution in [0, 0.1) is 13.8 Å². The molecule has 0 saturated carbocycles. The monoisotopic (exact) mass is 349 g/mol. The van der Waals surface area contributed by atoms with Crippen LogP contribution in [0.2, 0.25) is 0 Å². The van der Waals surface area contributed by atoms with Gasteiger partial charge in [0.1, 0.15) is 17.5 Å². The Balaban J connectivity index is 2.47. The van der Waals surface area contributed by atoms with Crippen LogP contribution < -0.4 is 16.6 Å². The number of aryl methyl sites for hydroxylation is 1. The van der Waals surface area contributed by atoms with Gasteiger partial charge in [-0.25, -0.2) is 15.8 Å². The summed E-state index contributed by atoms with van der Waals surface area (Å²) >= 11 is 3.55. The summed E-state index contributed by atoms with van der Waals surface area (Å²) in [5, 5.41) is 3.36. The average Bonchev–Trinajstić information content (AvgIpc) is 2.44. The van der Waals surface area contributed by atoms with E-state index >= 15 is 0 Å². The number of hydrazine groups is 1. The van der Waals surface area contributed by atoms with Gasteiger partial charge in [0.25, 0.3) is 0 Å². The summed E-state index contributed by atoms with van der Waals surface area (Å²) in [5.74, 6) is 7.93. The van der Waals surface area contributed by atoms with E-state index in [9.17, 15) is 0 Å². The fourth-order valence-corrected chi connectivity index (χ4v) is 2.26. The van der Waals surface area contributed by atoms with Gasteiger partial charge in [-0.15, -0.1) is 0 Å². The normalized spacial score (nSPS) is 10.8. The molecule has 1 aromatic carbocycles. The summed E-state index contributed by atoms with van der Waals surface area (Å²) in [6.07, 6.45) is 0. The number of benzene rings is 1. The molecular weight excluding hydrogens is 330 g/mol. The molecule has 1 aromatic heterocycles. The Kier molecular flexibility index (Phi) is 4.80. The molecule has 0 unspecified atom stereocenters. The minimum atomic E-state index is 0.221. The van der Waals surface area contributed by atoms with Gasteiger partial charge in [0.15, 0.2) is 0 Å². The molecule has 4 N–H and O–H groups in total. The molecule has 5 nitrogen and oxygen atoms in total. The summed E-state index contributed by atoms with van der Waals surface area (Å²) < 4.78 is 0.986. The molecule has 1 heterocycles. The van der Waals surface area contributed by atoms with Crippen molar-refractivity contribution in [3.05, 3.63) is 39.6 Å². The van der Waals surface area contributed by atoms with Crippen molar-refractivity contribution < 1.29 is 0 Å². The van der Waals surface area contributed by atoms with Crippen LogP contribution >= 0.6 is 15.9 Å². The predicted molar refractivity (Wildman–Crippen MR) is 90.8 cm³/mol. The van der Waals surface area contributed by atoms with Crippen molar-refractivity contribution in [2.45, 2.75) is 33.6 Å². The van der Waals surface area contributed by atoms with E-state index in [2.05, 4.69) is 69.5 Å². The van der Waals surface area contributed by atoms with Gasteiger partial charge in [-0.2, -0.15) is 0 Å². The predicted octanol–water partition coefficient (Wildman–Crippen LogP) is 4.01. The highest BCUT2D eigenvalue weighted by atomic mass is 79.9. The first kappa shape index (κ1) is 15.7. The van der Waals surface area contributed by atoms with Gasteiger partial charge >= 0.3 is 0 Å². The number of anilines is 3. The van der Waals surface area contributed by atoms with Gasteiger partial charge < -0.3 is 10.7 Å². The van der Waals surface area contributed by atoms with Crippen molar-refractivity contribution >= 4 is 33.3 Å². The molecular formula is C15H20BrN5. The van der Waals surface area contributed by atoms with E-state index in [1.54, 1.807) is 0 Å². The van der Waals surface area contributed by atoms with Crippen molar-refractivity contribution in [2.75, 3.05) is 10.7 Å². The third-order valence-electron chi connectivity index (χ3n) is 3.19. The zero-order valence-electron chi connectivity index (χ0n) is 12.7. The standard InChI is InChI=1S/C15H20BrN5/c1-8(2)13-19-14(10(4)15(20-13)21-17)18-12-7-9(3)5-6-11(12)16/h5-8H,17H2,1-4H3,(H2,18,19,20,21). The number of hydrogen-bond donors (Lipinski definition) is 3. The largest absolute Gasteiger partial charge is 0.339 e. The molecule has 0 spiro atoms. The zero-order valence-corrected chi connectivity index (χ0v) is 14.2. The Morgan fingerprint density at radius 2 is 1.81 bits per heavy atom. The Hall–Kier alpha value is -1.66. The van der Waals surface area contributed by atoms with Gasteiger partial charge in [-0.05, 0) is 47.5 Å². The molecule has 2 rings (SSSR count). The Morgan fingerprint density at radius 3 is 2.43 bits per heavy atom. The number of nitrogens with two attached hydrogens (primary N) is 1. The first-order valence-electron chi connectivity index (χ1n) is 6.80. The first-order chi connectivity index (χ1) is 9.92. The van der Waals surface area contributed by atoms with Crippen LogP contribution in [0.4, 0.5) is 17.3 Å². The van der Waals surface area contributed by atoms with Crippen molar-refractivity contribution in [1.29, 1.82) is 0 Å². The van der Waals surface area contributed by atoms with Gasteiger partial charge in [0, 0.05) is 16.0 Å². The molecule has 2 aromatic rings. The number of halogens is 1. The molecule has 0 saturated heterocycles. The maximum absolute atomic E-state index is 5.56. The van der Waals surface area contributed by atoms with Crippen LogP contribution in [-0.2, 0) is 0 Å². The van der Waals surface area contributed by atoms with E-state index in [0.717, 1.165) is 27.4 Å². The molecule has 21 heavy (non-hydrogen) atoms. The van der Waals surface area contributed by atoms with E-state index in [1.807, 2.05) is 13.0 Å². The molecule has 0 aliphatic carbocycles. The van der Waals surface area contributed by atoms with E-state index in [1.165, 1.54) is 5.56 Å². The second kappa shape index (κ2) is 6.41. The lowest BCUT2D eigenvalue weighted by Crippen LogP contribution is -2.14. The molecule has 0 fully saturated rings. The summed E-state index contributed by atoms with van der Waals surface area (Å²) in [7, 11) is 0. The molecule has 0 aliphatic heterocycles. The smallest absolute Gasteiger partial charge is 0.148 e. The van der Waals surface area contributed by atoms with Crippen LogP contribution in [-0.4, -0.2) is 9.97 Å². The number of nitrogen functional groups attached to an aromatic ring is 1. The van der Waals surface area contributed by atoms with E-state index in [0.29, 0.717) is 5.82 Å². The number of hydrogen-bond acceptors (Lipinski definition) is 5. The summed E-state index contributed by atoms with van der Waals surface area (Å²) in [5.41, 5.74) is 5.67. The zero-order chi connectivity index (χ0) is 15.6. The SMILES string of the molecule is Cc1ccc(Br)c(Nc2nc(C(C)C)nc(NN)c2C)c1. The van der Waals surface area contributed by atoms with Crippen LogP contribution in [0.3, 0.4) is 0 Å². The topological polar surface area (TPSA) is 75.9 Å². The summed E-state index contributed by atoms with van der Waals surface area (Å²) in [6, 6.07) is 6.13. The highest BCUT2D eigenvalue weighted by Gasteiger charge is 2.13. The van der Waals surface area contributed by atoms with Crippen molar-refractivity contribution in [3.8, 4) is 0 Å². The minimum absolute atomic E-state index is 0.221. The van der Waals surface area contributed by atoms with Crippen LogP contribution in [0.15, 0.2) is 22.7 Å². The Labute approximate surface area is 133 Å². The van der Waals surface area contributed by atoms with Gasteiger partial charge in [-0.3, -0.25) is 0 Å². The number of rotatable bonds is 4. The lowest BCUT2D eigenvalue weighted by atomic mass is 10.2. The molecule has 0 aliphatic rings. The van der Waals surface area contributed by atoms with Crippen LogP contribution in [0.5, 0.6) is 0 Å². The van der Waals surface area contributed by atoms with Crippen LogP contribution in [0.1, 0.15) is 36.7 Å². The number of nitrogens with one attached hydrogen (secondary N) is 2. The molecule has 0 bridgehead atoms. The van der Waals surface area contributed by atoms with Crippen molar-refractivity contribution in [3.63, 3.8) is 0 Å². The second-order valence-corrected chi connectivity index (χ2v) is 6.17. The lowest BCUT2D eigenvalue weighted by molar-refractivity contribution is 0.774. The summed E-state index contributed by atoms with van der Waals surface area (Å²) in [4.78, 5) is 9.04. The maximum Gasteiger partial charge on any atom is 0.148 e. The summed E-state index contributed by atoms with van der Waals surface area (Å²) in [6.45, 7) is 8.09. The number of aromatic nitrogens is 2. The van der Waals surface area contributed by atoms with Gasteiger partial charge in [-0.1, -0.05) is 19.9 Å². The third-order valence-corrected chi connectivity index (χ3v) is 3.88. The van der Waals surface area contributed by atoms with Crippen LogP contribution in [0.25, 0.3) is 0 Å². The van der Waals surface area contributed by atoms with Gasteiger partial charge in [0.05, 0.1) is 5.69 Å². The van der Waals surface area contributed by atoms with Crippen molar-refractivity contribution in [2.24, 2.45) is 5.84 Å². The molecule has 112 valence electrons. The quantitative estimate of drug-likeness (QED) is 0.574. The maximum atomic E-state index is 5.56. The highest BCUT2D eigenvalue weighted by molar-refractivity contribution is 9.10. The highest BCUT2D eigenvalue weighted by Crippen LogP contribution is 2.30. The second-order valence-electron chi connectivity index (χ2n) is 5.31. The third kappa shape index (κ3) is 3.51. The fourth-order valence-electron chi connectivity index (χ4n) is 1.92. The van der Waals surface area contributed by atoms with Gasteiger partial charge in [0.2, 0.25) is 0 Å². The molecule has 0 radical (unpaired) electrons. The number of nitrogens with zero attached hydrogens (tertiary/aromatic N) is 2. The lowest BCUT2D eigenvalue weighted by Gasteiger charge is -2.16. The molecule has 6 heteroatoms. The Bertz CT molecular complexity index is 655. The minimum Gasteiger partial charge on any atom is -0.339 e. The van der Waals surface area contributed by atoms with E-state index in [-0.39, 0.29) is 5.92 Å². The molecule has 0 amide bonds. The van der Waals surface area contributed by atoms with Crippen molar-refractivity contribution in [1.82, 2.24) is 9.97 Å². The first-order valence-corrected chi connectivity index (χ1v) is 7.60. The fraction of sp³-hybridized carbons (Fsp3) is 0.333. The molecule has 0 atom stereocenters. The average molecular weight is 350 g/mol. The van der Waals surface area contributed by atoms with E-state index < -0.39 is 0 Å².